The maximum atomic E-state index is 6.17. The predicted molar refractivity (Wildman–Crippen MR) is 581 cm³/mol. The van der Waals surface area contributed by atoms with Gasteiger partial charge >= 0.3 is 0 Å². The van der Waals surface area contributed by atoms with Gasteiger partial charge in [-0.15, -0.1) is 0 Å². The van der Waals surface area contributed by atoms with Gasteiger partial charge in [-0.1, -0.05) is 309 Å². The zero-order valence-electron chi connectivity index (χ0n) is 71.7. The van der Waals surface area contributed by atoms with E-state index in [1.807, 2.05) is 84.9 Å². The molecule has 133 heavy (non-hydrogen) atoms. The van der Waals surface area contributed by atoms with Gasteiger partial charge < -0.3 is 13.7 Å². The van der Waals surface area contributed by atoms with Crippen LogP contribution in [0.3, 0.4) is 0 Å². The van der Waals surface area contributed by atoms with E-state index in [4.69, 9.17) is 23.2 Å². The van der Waals surface area contributed by atoms with Crippen LogP contribution < -0.4 is 0 Å². The average molecular weight is 2150 g/mol. The van der Waals surface area contributed by atoms with E-state index >= 15 is 0 Å². The number of nitrogens with zero attached hydrogens (tertiary/aromatic N) is 9. The van der Waals surface area contributed by atoms with Crippen molar-refractivity contribution in [1.82, 2.24) is 43.6 Å². The minimum Gasteiger partial charge on any atom is -0.309 e. The van der Waals surface area contributed by atoms with Crippen molar-refractivity contribution in [3.8, 4) is 28.2 Å². The molecule has 28 rings (SSSR count). The molecule has 24 aromatic rings. The van der Waals surface area contributed by atoms with Crippen LogP contribution in [0.15, 0.2) is 436 Å². The highest BCUT2D eigenvalue weighted by atomic mass is 79.9. The molecule has 17 heteroatoms. The third-order valence-corrected chi connectivity index (χ3v) is 29.6. The first-order valence-corrected chi connectivity index (χ1v) is 49.9. The second kappa shape index (κ2) is 40.4. The highest BCUT2D eigenvalue weighted by molar-refractivity contribution is 9.11. The number of alkyl halides is 1. The van der Waals surface area contributed by atoms with Gasteiger partial charge in [-0.25, -0.2) is 4.98 Å². The van der Waals surface area contributed by atoms with Gasteiger partial charge in [0.05, 0.1) is 71.2 Å². The van der Waals surface area contributed by atoms with Crippen LogP contribution in [0.4, 0.5) is 0 Å². The molecule has 0 spiro atoms. The van der Waals surface area contributed by atoms with E-state index in [0.29, 0.717) is 5.15 Å². The smallest absolute Gasteiger partial charge is 0.129 e. The molecule has 4 aliphatic rings. The summed E-state index contributed by atoms with van der Waals surface area (Å²) < 4.78 is 12.4. The number of halogens is 8. The Kier molecular flexibility index (Phi) is 26.9. The van der Waals surface area contributed by atoms with Gasteiger partial charge in [0.25, 0.3) is 0 Å². The van der Waals surface area contributed by atoms with Gasteiger partial charge in [0.1, 0.15) is 5.15 Å². The van der Waals surface area contributed by atoms with Crippen molar-refractivity contribution in [3.05, 3.63) is 446 Å². The van der Waals surface area contributed by atoms with E-state index in [1.54, 1.807) is 69.2 Å². The third kappa shape index (κ3) is 19.3. The lowest BCUT2D eigenvalue weighted by molar-refractivity contribution is 0.0288. The van der Waals surface area contributed by atoms with Crippen LogP contribution >= 0.6 is 119 Å². The Morgan fingerprint density at radius 1 is 0.241 bits per heavy atom. The molecule has 0 unspecified atom stereocenters. The van der Waals surface area contributed by atoms with Gasteiger partial charge in [-0.05, 0) is 270 Å². The summed E-state index contributed by atoms with van der Waals surface area (Å²) in [6.45, 7) is 0. The third-order valence-electron chi connectivity index (χ3n) is 25.2. The number of benzene rings is 15. The zero-order chi connectivity index (χ0) is 90.4. The summed E-state index contributed by atoms with van der Waals surface area (Å²) in [7, 11) is 0. The van der Waals surface area contributed by atoms with Crippen molar-refractivity contribution < 1.29 is 0 Å². The molecule has 0 amide bonds. The summed E-state index contributed by atoms with van der Waals surface area (Å²) in [4.78, 5) is 26.9. The highest BCUT2D eigenvalue weighted by Gasteiger charge is 2.47. The summed E-state index contributed by atoms with van der Waals surface area (Å²) in [5.74, 6) is 4.38. The van der Waals surface area contributed by atoms with Crippen molar-refractivity contribution >= 4 is 260 Å². The number of aromatic nitrogens is 9. The topological polar surface area (TPSA) is 92.1 Å². The Bertz CT molecular complexity index is 8330. The maximum Gasteiger partial charge on any atom is 0.129 e. The van der Waals surface area contributed by atoms with E-state index in [0.717, 1.165) is 121 Å². The molecule has 0 saturated heterocycles. The number of fused-ring (bicyclic) bond motifs is 19. The van der Waals surface area contributed by atoms with Crippen LogP contribution in [0.5, 0.6) is 0 Å². The summed E-state index contributed by atoms with van der Waals surface area (Å²) in [5, 5.41) is 17.8. The molecule has 15 aromatic carbocycles. The van der Waals surface area contributed by atoms with Crippen molar-refractivity contribution in [2.75, 3.05) is 0 Å². The van der Waals surface area contributed by atoms with Gasteiger partial charge in [0.15, 0.2) is 0 Å². The van der Waals surface area contributed by atoms with E-state index in [-0.39, 0.29) is 0 Å². The molecule has 0 N–H and O–H groups in total. The summed E-state index contributed by atoms with van der Waals surface area (Å²) in [5.41, 5.74) is 18.9. The van der Waals surface area contributed by atoms with Crippen LogP contribution in [-0.2, 0) is 0 Å². The van der Waals surface area contributed by atoms with Gasteiger partial charge in [-0.2, -0.15) is 0 Å². The van der Waals surface area contributed by atoms with Crippen LogP contribution in [-0.4, -0.2) is 48.4 Å². The fraction of sp³-hybridized carbons (Fsp3) is 0.0862. The Labute approximate surface area is 830 Å². The minimum absolute atomic E-state index is 0.501. The van der Waals surface area contributed by atoms with E-state index < -0.39 is 0 Å². The van der Waals surface area contributed by atoms with E-state index in [1.165, 1.54) is 104 Å². The van der Waals surface area contributed by atoms with Gasteiger partial charge in [0.2, 0.25) is 0 Å². The summed E-state index contributed by atoms with van der Waals surface area (Å²) in [6, 6.07) is 132. The Hall–Kier alpha value is -12.1. The maximum absolute atomic E-state index is 6.17. The second-order valence-corrected chi connectivity index (χ2v) is 40.0. The van der Waals surface area contributed by atoms with Gasteiger partial charge in [0, 0.05) is 140 Å². The van der Waals surface area contributed by atoms with Crippen LogP contribution in [0.2, 0.25) is 10.2 Å². The molecular formula is C116H83Br6Cl2N9. The SMILES string of the molecule is BrC1C2CC3CC(C2)CC1C3.Brc1ccc2c(c1)c1cc(-c3ccccc3)ccc1n2-c1ccccc1.Brc1ccc2c(c1)c1ccccc1n2-c1ccccc1.Brc1ccc2c3ccccc3n(-c3ccccc3)c2c1.Brc1ccc2ccccc2c1.Brc1cnc2c(ccc3cccnc32)c1.Clc1cc2cccnc2c2ncccc12.Clc1ccc2ccc3cccnc3c2n1. The van der Waals surface area contributed by atoms with Crippen molar-refractivity contribution in [2.45, 2.75) is 36.9 Å². The lowest BCUT2D eigenvalue weighted by Gasteiger charge is -2.52. The van der Waals surface area contributed by atoms with Crippen molar-refractivity contribution in [3.63, 3.8) is 0 Å². The largest absolute Gasteiger partial charge is 0.309 e. The number of hydrogen-bond donors (Lipinski definition) is 0. The first kappa shape index (κ1) is 88.8. The number of pyridine rings is 6. The normalized spacial score (nSPS) is 15.1. The zero-order valence-corrected chi connectivity index (χ0v) is 82.8. The van der Waals surface area contributed by atoms with Crippen LogP contribution in [0.25, 0.3) is 170 Å². The quantitative estimate of drug-likeness (QED) is 0.0990. The molecule has 4 saturated carbocycles. The lowest BCUT2D eigenvalue weighted by Crippen LogP contribution is -2.45. The average Bonchev–Trinajstić information content (AvgIpc) is 1.69. The molecule has 9 nitrogen and oxygen atoms in total. The van der Waals surface area contributed by atoms with Crippen molar-refractivity contribution in [1.29, 1.82) is 0 Å². The first-order chi connectivity index (χ1) is 65.2. The first-order valence-electron chi connectivity index (χ1n) is 44.2. The molecule has 9 aromatic heterocycles. The number of rotatable bonds is 4. The van der Waals surface area contributed by atoms with Crippen molar-refractivity contribution in [2.24, 2.45) is 23.7 Å². The standard InChI is InChI=1S/C24H16BrN.2C18H12BrN.C12H7BrN2.2C12H7ClN2.C10H15Br.C10H7Br/c25-19-12-14-24-22(16-19)21-15-18(17-7-3-1-4-8-17)11-13-23(21)26(24)20-9-5-2-6-10-20;19-13-10-11-18-16(12-13)15-8-4-5-9-17(15)20(18)14-6-2-1-3-7-14;19-13-10-11-16-15-8-4-5-9-17(15)20(18(16)12-13)14-6-2-1-3-7-14;13-10-6-9-4-3-8-2-1-5-14-11(8)12(9)15-7-10;13-10-7-8-3-1-5-14-11(8)12-9(10)4-2-6-15-12;13-10-6-5-9-4-3-8-2-1-7-14-11(8)12(9)15-10;11-10-8-2-6-1-7(4-8)5-9(10)3-6;11-10-6-5-8-3-1-2-4-9(8)7-10/h1-16H;2*1-12H;3*1-7H;6-10H,1-5H2;1-7H. The molecular weight excluding hydrogens is 2070 g/mol. The fourth-order valence-corrected chi connectivity index (χ4v) is 22.5. The Morgan fingerprint density at radius 2 is 0.609 bits per heavy atom. The van der Waals surface area contributed by atoms with E-state index in [9.17, 15) is 0 Å². The minimum atomic E-state index is 0.501. The summed E-state index contributed by atoms with van der Waals surface area (Å²) in [6.07, 6.45) is 16.6. The molecule has 9 heterocycles. The highest BCUT2D eigenvalue weighted by Crippen LogP contribution is 2.56. The van der Waals surface area contributed by atoms with E-state index in [2.05, 4.69) is 430 Å². The molecule has 0 aliphatic heterocycles. The lowest BCUT2D eigenvalue weighted by atomic mass is 9.56. The molecule has 648 valence electrons. The monoisotopic (exact) mass is 2150 g/mol. The Balaban J connectivity index is 0.0000000959. The molecule has 4 fully saturated rings. The number of hydrogen-bond acceptors (Lipinski definition) is 6. The molecule has 0 radical (unpaired) electrons. The van der Waals surface area contributed by atoms with Crippen LogP contribution in [0, 0.1) is 23.7 Å². The Morgan fingerprint density at radius 3 is 1.20 bits per heavy atom. The van der Waals surface area contributed by atoms with Crippen LogP contribution in [0.1, 0.15) is 32.1 Å². The fourth-order valence-electron chi connectivity index (χ4n) is 19.4. The predicted octanol–water partition coefficient (Wildman–Crippen LogP) is 35.5. The molecule has 0 atom stereocenters. The number of para-hydroxylation sites is 5. The molecule has 4 bridgehead atoms. The summed E-state index contributed by atoms with van der Waals surface area (Å²) >= 11 is 33.6. The second-order valence-electron chi connectivity index (χ2n) is 33.5. The molecule has 4 aliphatic carbocycles. The van der Waals surface area contributed by atoms with Gasteiger partial charge in [-0.3, -0.25) is 24.9 Å².